The molecule has 11 heteroatoms. The first-order valence-corrected chi connectivity index (χ1v) is 9.58. The number of nitro groups is 1. The van der Waals surface area contributed by atoms with Crippen molar-refractivity contribution in [1.82, 2.24) is 0 Å². The van der Waals surface area contributed by atoms with E-state index in [2.05, 4.69) is 9.47 Å². The van der Waals surface area contributed by atoms with E-state index >= 15 is 0 Å². The largest absolute Gasteiger partial charge is 0.468 e. The van der Waals surface area contributed by atoms with Crippen molar-refractivity contribution in [2.45, 2.75) is 11.8 Å². The molecule has 2 aromatic carbocycles. The van der Waals surface area contributed by atoms with Gasteiger partial charge in [-0.1, -0.05) is 6.07 Å². The van der Waals surface area contributed by atoms with E-state index in [1.54, 1.807) is 0 Å². The van der Waals surface area contributed by atoms with Gasteiger partial charge in [0.05, 0.1) is 35.3 Å². The Balaban J connectivity index is 2.60. The molecule has 0 saturated heterocycles. The van der Waals surface area contributed by atoms with Crippen LogP contribution < -0.4 is 4.31 Å². The molecule has 0 aromatic heterocycles. The highest BCUT2D eigenvalue weighted by Crippen LogP contribution is 2.29. The zero-order valence-electron chi connectivity index (χ0n) is 15.8. The number of non-ortho nitro benzene ring substituents is 1. The number of anilines is 1. The quantitative estimate of drug-likeness (QED) is 0.376. The lowest BCUT2D eigenvalue weighted by Gasteiger charge is -2.24. The molecule has 0 unspecified atom stereocenters. The van der Waals surface area contributed by atoms with Gasteiger partial charge in [-0.05, 0) is 36.8 Å². The van der Waals surface area contributed by atoms with E-state index < -0.39 is 39.1 Å². The number of carbonyl (C=O) groups is 2. The fourth-order valence-corrected chi connectivity index (χ4v) is 4.13. The van der Waals surface area contributed by atoms with Gasteiger partial charge in [0, 0.05) is 12.1 Å². The molecule has 0 aliphatic rings. The predicted molar refractivity (Wildman–Crippen MR) is 102 cm³/mol. The smallest absolute Gasteiger partial charge is 0.337 e. The van der Waals surface area contributed by atoms with Crippen LogP contribution in [0.15, 0.2) is 47.4 Å². The molecule has 0 spiro atoms. The van der Waals surface area contributed by atoms with Crippen molar-refractivity contribution in [1.29, 1.82) is 0 Å². The van der Waals surface area contributed by atoms with E-state index in [1.807, 2.05) is 0 Å². The van der Waals surface area contributed by atoms with Gasteiger partial charge >= 0.3 is 11.9 Å². The average Bonchev–Trinajstić information content (AvgIpc) is 2.71. The zero-order chi connectivity index (χ0) is 21.8. The van der Waals surface area contributed by atoms with Crippen LogP contribution >= 0.6 is 0 Å². The number of esters is 2. The van der Waals surface area contributed by atoms with E-state index in [9.17, 15) is 28.1 Å². The standard InChI is InChI=1S/C18H18N2O8S/c1-12-4-7-15(20(23)24)10-16(12)29(25,26)19(11-17(21)27-2)14-8-5-13(6-9-14)18(22)28-3/h4-10H,11H2,1-3H3. The fourth-order valence-electron chi connectivity index (χ4n) is 2.48. The van der Waals surface area contributed by atoms with Gasteiger partial charge in [0.25, 0.3) is 15.7 Å². The van der Waals surface area contributed by atoms with Crippen molar-refractivity contribution in [3.8, 4) is 0 Å². The molecular weight excluding hydrogens is 404 g/mol. The van der Waals surface area contributed by atoms with Crippen molar-refractivity contribution in [3.63, 3.8) is 0 Å². The third-order valence-corrected chi connectivity index (χ3v) is 5.94. The van der Waals surface area contributed by atoms with E-state index in [0.717, 1.165) is 17.5 Å². The van der Waals surface area contributed by atoms with Crippen LogP contribution in [0.2, 0.25) is 0 Å². The molecule has 0 atom stereocenters. The summed E-state index contributed by atoms with van der Waals surface area (Å²) < 4.78 is 36.4. The number of hydrogen-bond acceptors (Lipinski definition) is 8. The molecule has 2 aromatic rings. The Labute approximate surface area is 166 Å². The summed E-state index contributed by atoms with van der Waals surface area (Å²) in [5, 5.41) is 11.1. The first kappa shape index (κ1) is 21.8. The molecule has 0 heterocycles. The second-order valence-corrected chi connectivity index (χ2v) is 7.66. The maximum absolute atomic E-state index is 13.3. The third kappa shape index (κ3) is 4.69. The van der Waals surface area contributed by atoms with Crippen molar-refractivity contribution in [2.75, 3.05) is 25.1 Å². The van der Waals surface area contributed by atoms with Gasteiger partial charge in [-0.2, -0.15) is 0 Å². The number of hydrogen-bond donors (Lipinski definition) is 0. The summed E-state index contributed by atoms with van der Waals surface area (Å²) in [7, 11) is -2.07. The first-order chi connectivity index (χ1) is 13.6. The topological polar surface area (TPSA) is 133 Å². The van der Waals surface area contributed by atoms with Gasteiger partial charge in [0.2, 0.25) is 0 Å². The molecule has 0 saturated carbocycles. The van der Waals surface area contributed by atoms with Crippen LogP contribution in [0.25, 0.3) is 0 Å². The Morgan fingerprint density at radius 3 is 2.21 bits per heavy atom. The van der Waals surface area contributed by atoms with Gasteiger partial charge in [-0.25, -0.2) is 13.2 Å². The highest BCUT2D eigenvalue weighted by atomic mass is 32.2. The Bertz CT molecular complexity index is 1050. The third-order valence-electron chi connectivity index (χ3n) is 4.03. The lowest BCUT2D eigenvalue weighted by atomic mass is 10.2. The second-order valence-electron chi connectivity index (χ2n) is 5.83. The van der Waals surface area contributed by atoms with Crippen LogP contribution in [0, 0.1) is 17.0 Å². The molecule has 2 rings (SSSR count). The molecular formula is C18H18N2O8S. The number of nitro benzene ring substituents is 1. The summed E-state index contributed by atoms with van der Waals surface area (Å²) in [5.74, 6) is -1.46. The van der Waals surface area contributed by atoms with Gasteiger partial charge in [0.15, 0.2) is 0 Å². The van der Waals surface area contributed by atoms with E-state index in [1.165, 1.54) is 50.4 Å². The van der Waals surface area contributed by atoms with Gasteiger partial charge in [0.1, 0.15) is 6.54 Å². The second kappa shape index (κ2) is 8.69. The van der Waals surface area contributed by atoms with Crippen molar-refractivity contribution < 1.29 is 32.4 Å². The van der Waals surface area contributed by atoms with Crippen molar-refractivity contribution >= 4 is 33.3 Å². The number of benzene rings is 2. The Morgan fingerprint density at radius 1 is 1.07 bits per heavy atom. The van der Waals surface area contributed by atoms with E-state index in [-0.39, 0.29) is 21.7 Å². The van der Waals surface area contributed by atoms with Crippen molar-refractivity contribution in [2.24, 2.45) is 0 Å². The maximum Gasteiger partial charge on any atom is 0.337 e. The number of sulfonamides is 1. The van der Waals surface area contributed by atoms with Gasteiger partial charge in [-0.15, -0.1) is 0 Å². The fraction of sp³-hybridized carbons (Fsp3) is 0.222. The first-order valence-electron chi connectivity index (χ1n) is 8.14. The SMILES string of the molecule is COC(=O)CN(c1ccc(C(=O)OC)cc1)S(=O)(=O)c1cc([N+](=O)[O-])ccc1C. The zero-order valence-corrected chi connectivity index (χ0v) is 16.6. The van der Waals surface area contributed by atoms with Crippen LogP contribution in [-0.4, -0.2) is 46.0 Å². The van der Waals surface area contributed by atoms with E-state index in [4.69, 9.17) is 0 Å². The van der Waals surface area contributed by atoms with Crippen LogP contribution in [0.5, 0.6) is 0 Å². The molecule has 0 aliphatic carbocycles. The molecule has 0 aliphatic heterocycles. The number of rotatable bonds is 7. The van der Waals surface area contributed by atoms with Crippen LogP contribution in [0.4, 0.5) is 11.4 Å². The molecule has 154 valence electrons. The summed E-state index contributed by atoms with van der Waals surface area (Å²) in [4.78, 5) is 33.5. The predicted octanol–water partition coefficient (Wildman–Crippen LogP) is 2.06. The maximum atomic E-state index is 13.3. The average molecular weight is 422 g/mol. The molecule has 0 fully saturated rings. The summed E-state index contributed by atoms with van der Waals surface area (Å²) in [5.41, 5.74) is 0.0945. The Hall–Kier alpha value is -3.47. The van der Waals surface area contributed by atoms with Crippen LogP contribution in [0.1, 0.15) is 15.9 Å². The Morgan fingerprint density at radius 2 is 1.69 bits per heavy atom. The summed E-state index contributed by atoms with van der Waals surface area (Å²) >= 11 is 0. The molecule has 10 nitrogen and oxygen atoms in total. The van der Waals surface area contributed by atoms with Gasteiger partial charge in [-0.3, -0.25) is 19.2 Å². The minimum atomic E-state index is -4.37. The summed E-state index contributed by atoms with van der Waals surface area (Å²) in [6, 6.07) is 8.73. The lowest BCUT2D eigenvalue weighted by Crippen LogP contribution is -2.36. The number of carbonyl (C=O) groups excluding carboxylic acids is 2. The number of ether oxygens (including phenoxy) is 2. The number of aryl methyl sites for hydroxylation is 1. The minimum Gasteiger partial charge on any atom is -0.468 e. The van der Waals surface area contributed by atoms with Gasteiger partial charge < -0.3 is 9.47 Å². The normalized spacial score (nSPS) is 10.9. The molecule has 0 amide bonds. The highest BCUT2D eigenvalue weighted by Gasteiger charge is 2.30. The Kier molecular flexibility index (Phi) is 6.54. The van der Waals surface area contributed by atoms with Crippen LogP contribution in [-0.2, 0) is 24.3 Å². The summed E-state index contributed by atoms with van der Waals surface area (Å²) in [6.45, 7) is 0.811. The number of methoxy groups -OCH3 is 2. The van der Waals surface area contributed by atoms with Crippen LogP contribution in [0.3, 0.4) is 0 Å². The van der Waals surface area contributed by atoms with E-state index in [0.29, 0.717) is 0 Å². The van der Waals surface area contributed by atoms with Crippen molar-refractivity contribution in [3.05, 3.63) is 63.7 Å². The molecule has 0 bridgehead atoms. The lowest BCUT2D eigenvalue weighted by molar-refractivity contribution is -0.385. The monoisotopic (exact) mass is 422 g/mol. The molecule has 0 radical (unpaired) electrons. The highest BCUT2D eigenvalue weighted by molar-refractivity contribution is 7.93. The minimum absolute atomic E-state index is 0.0639. The molecule has 29 heavy (non-hydrogen) atoms. The molecule has 0 N–H and O–H groups in total. The summed E-state index contributed by atoms with van der Waals surface area (Å²) in [6.07, 6.45) is 0. The number of nitrogens with zero attached hydrogens (tertiary/aromatic N) is 2.